The number of nitro groups is 1. The van der Waals surface area contributed by atoms with Crippen molar-refractivity contribution in [3.8, 4) is 5.75 Å². The number of thiocarbonyl (C=S) groups is 1. The lowest BCUT2D eigenvalue weighted by atomic mass is 10.2. The third-order valence-corrected chi connectivity index (χ3v) is 4.25. The molecular weight excluding hydrogens is 344 g/mol. The molecule has 0 unspecified atom stereocenters. The number of hydrogen-bond donors (Lipinski definition) is 1. The molecule has 0 spiro atoms. The van der Waals surface area contributed by atoms with Crippen LogP contribution in [0.1, 0.15) is 5.69 Å². The maximum Gasteiger partial charge on any atom is 0.297 e. The number of aromatic nitrogens is 1. The van der Waals surface area contributed by atoms with Gasteiger partial charge in [-0.15, -0.1) is 0 Å². The molecule has 0 saturated carbocycles. The Morgan fingerprint density at radius 2 is 2.12 bits per heavy atom. The number of ether oxygens (including phenoxy) is 1. The fourth-order valence-electron chi connectivity index (χ4n) is 2.52. The first-order chi connectivity index (χ1) is 11.9. The second-order valence-electron chi connectivity index (χ2n) is 5.25. The van der Waals surface area contributed by atoms with Crippen molar-refractivity contribution >= 4 is 40.7 Å². The number of nitrogens with zero attached hydrogens (tertiary/aromatic N) is 3. The van der Waals surface area contributed by atoms with E-state index in [2.05, 4.69) is 4.98 Å². The topological polar surface area (TPSA) is 91.7 Å². The number of likely N-dealkylation sites (N-methyl/N-ethyl adjacent to an activating group) is 1. The number of hydrogen-bond acceptors (Lipinski definition) is 5. The Bertz CT molecular complexity index is 892. The minimum absolute atomic E-state index is 0.0996. The summed E-state index contributed by atoms with van der Waals surface area (Å²) in [5.74, 6) is -0.112. The fourth-order valence-corrected chi connectivity index (χ4v) is 2.80. The molecule has 1 aliphatic rings. The zero-order chi connectivity index (χ0) is 18.1. The third kappa shape index (κ3) is 2.85. The number of methoxy groups -OCH3 is 1. The van der Waals surface area contributed by atoms with Gasteiger partial charge in [-0.2, -0.15) is 0 Å². The number of nitro benzene ring substituents is 1. The highest BCUT2D eigenvalue weighted by Crippen LogP contribution is 2.36. The van der Waals surface area contributed by atoms with Gasteiger partial charge in [0.05, 0.1) is 18.1 Å². The molecule has 1 aromatic carbocycles. The van der Waals surface area contributed by atoms with E-state index in [4.69, 9.17) is 17.0 Å². The van der Waals surface area contributed by atoms with E-state index in [0.29, 0.717) is 11.4 Å². The Morgan fingerprint density at radius 3 is 2.72 bits per heavy atom. The number of benzene rings is 1. The van der Waals surface area contributed by atoms with Crippen LogP contribution >= 0.6 is 12.2 Å². The number of rotatable bonds is 4. The Balaban J connectivity index is 2.08. The molecule has 1 amide bonds. The maximum atomic E-state index is 12.8. The van der Waals surface area contributed by atoms with Crippen LogP contribution in [0.4, 0.5) is 11.4 Å². The molecule has 8 nitrogen and oxygen atoms in total. The molecule has 9 heteroatoms. The molecule has 128 valence electrons. The van der Waals surface area contributed by atoms with Crippen LogP contribution in [0.15, 0.2) is 42.2 Å². The van der Waals surface area contributed by atoms with Crippen LogP contribution in [0, 0.1) is 10.1 Å². The Hall–Kier alpha value is -3.20. The van der Waals surface area contributed by atoms with Gasteiger partial charge < -0.3 is 14.6 Å². The SMILES string of the molecule is COc1ccc(N2C(=O)/C(=C\c3ccc[nH]3)N(C)C2=S)c([N+](=O)[O-])c1. The summed E-state index contributed by atoms with van der Waals surface area (Å²) in [4.78, 5) is 29.3. The summed E-state index contributed by atoms with van der Waals surface area (Å²) in [5, 5.41) is 11.6. The average Bonchev–Trinajstić information content (AvgIpc) is 3.18. The minimum Gasteiger partial charge on any atom is -0.496 e. The highest BCUT2D eigenvalue weighted by Gasteiger charge is 2.40. The standard InChI is InChI=1S/C16H14N4O4S/c1-18-14(8-10-4-3-7-17-10)15(21)19(16(18)25)12-6-5-11(24-2)9-13(12)20(22)23/h3-9,17H,1-2H3/b14-8+. The lowest BCUT2D eigenvalue weighted by molar-refractivity contribution is -0.384. The molecule has 0 bridgehead atoms. The molecule has 2 heterocycles. The molecule has 1 aliphatic heterocycles. The maximum absolute atomic E-state index is 12.8. The number of nitrogens with one attached hydrogen (secondary N) is 1. The van der Waals surface area contributed by atoms with Gasteiger partial charge in [0.25, 0.3) is 11.6 Å². The number of anilines is 1. The van der Waals surface area contributed by atoms with E-state index in [1.165, 1.54) is 24.1 Å². The minimum atomic E-state index is -0.569. The Kier molecular flexibility index (Phi) is 4.24. The first-order valence-electron chi connectivity index (χ1n) is 7.23. The summed E-state index contributed by atoms with van der Waals surface area (Å²) in [5.41, 5.74) is 0.883. The molecule has 0 aliphatic carbocycles. The second-order valence-corrected chi connectivity index (χ2v) is 5.61. The molecule has 0 atom stereocenters. The van der Waals surface area contributed by atoms with E-state index in [-0.39, 0.29) is 16.5 Å². The van der Waals surface area contributed by atoms with E-state index in [0.717, 1.165) is 10.6 Å². The van der Waals surface area contributed by atoms with Crippen molar-refractivity contribution in [2.45, 2.75) is 0 Å². The summed E-state index contributed by atoms with van der Waals surface area (Å²) in [7, 11) is 3.06. The van der Waals surface area contributed by atoms with Gasteiger partial charge in [-0.3, -0.25) is 14.9 Å². The molecule has 2 aromatic rings. The smallest absolute Gasteiger partial charge is 0.297 e. The number of aromatic amines is 1. The quantitative estimate of drug-likeness (QED) is 0.391. The predicted octanol–water partition coefficient (Wildman–Crippen LogP) is 2.54. The number of carbonyl (C=O) groups is 1. The molecule has 0 radical (unpaired) electrons. The molecule has 1 aromatic heterocycles. The van der Waals surface area contributed by atoms with Gasteiger partial charge in [-0.05, 0) is 42.6 Å². The highest BCUT2D eigenvalue weighted by molar-refractivity contribution is 7.80. The predicted molar refractivity (Wildman–Crippen MR) is 96.3 cm³/mol. The third-order valence-electron chi connectivity index (χ3n) is 3.80. The summed E-state index contributed by atoms with van der Waals surface area (Å²) >= 11 is 5.33. The molecule has 1 N–H and O–H groups in total. The largest absolute Gasteiger partial charge is 0.496 e. The normalized spacial score (nSPS) is 16.0. The van der Waals surface area contributed by atoms with Gasteiger partial charge in [-0.1, -0.05) is 0 Å². The van der Waals surface area contributed by atoms with Gasteiger partial charge in [0, 0.05) is 18.9 Å². The molecule has 1 fully saturated rings. The van der Waals surface area contributed by atoms with Crippen LogP contribution in [0.2, 0.25) is 0 Å². The molecule has 1 saturated heterocycles. The summed E-state index contributed by atoms with van der Waals surface area (Å²) in [6.07, 6.45) is 3.38. The van der Waals surface area contributed by atoms with Crippen molar-refractivity contribution in [1.82, 2.24) is 9.88 Å². The van der Waals surface area contributed by atoms with Crippen molar-refractivity contribution in [1.29, 1.82) is 0 Å². The van der Waals surface area contributed by atoms with Crippen LogP contribution in [0.5, 0.6) is 5.75 Å². The van der Waals surface area contributed by atoms with E-state index in [9.17, 15) is 14.9 Å². The van der Waals surface area contributed by atoms with Crippen LogP contribution < -0.4 is 9.64 Å². The highest BCUT2D eigenvalue weighted by atomic mass is 32.1. The Morgan fingerprint density at radius 1 is 1.36 bits per heavy atom. The van der Waals surface area contributed by atoms with Gasteiger partial charge in [0.15, 0.2) is 5.11 Å². The Labute approximate surface area is 148 Å². The van der Waals surface area contributed by atoms with Crippen molar-refractivity contribution in [2.75, 3.05) is 19.1 Å². The summed E-state index contributed by atoms with van der Waals surface area (Å²) < 4.78 is 5.02. The summed E-state index contributed by atoms with van der Waals surface area (Å²) in [6.45, 7) is 0. The second kappa shape index (κ2) is 6.36. The fraction of sp³-hybridized carbons (Fsp3) is 0.125. The van der Waals surface area contributed by atoms with Crippen molar-refractivity contribution in [3.05, 3.63) is 58.0 Å². The average molecular weight is 358 g/mol. The molecular formula is C16H14N4O4S. The van der Waals surface area contributed by atoms with Crippen LogP contribution in [0.25, 0.3) is 6.08 Å². The van der Waals surface area contributed by atoms with E-state index in [1.807, 2.05) is 0 Å². The van der Waals surface area contributed by atoms with Gasteiger partial charge in [0.2, 0.25) is 0 Å². The van der Waals surface area contributed by atoms with E-state index >= 15 is 0 Å². The first-order valence-corrected chi connectivity index (χ1v) is 7.64. The number of amides is 1. The first kappa shape index (κ1) is 16.7. The monoisotopic (exact) mass is 358 g/mol. The van der Waals surface area contributed by atoms with E-state index in [1.54, 1.807) is 37.5 Å². The lowest BCUT2D eigenvalue weighted by Crippen LogP contribution is -2.31. The van der Waals surface area contributed by atoms with Crippen molar-refractivity contribution in [2.24, 2.45) is 0 Å². The summed E-state index contributed by atoms with van der Waals surface area (Å²) in [6, 6.07) is 7.86. The van der Waals surface area contributed by atoms with Gasteiger partial charge >= 0.3 is 0 Å². The lowest BCUT2D eigenvalue weighted by Gasteiger charge is -2.16. The van der Waals surface area contributed by atoms with Gasteiger partial charge in [0.1, 0.15) is 17.1 Å². The molecule has 25 heavy (non-hydrogen) atoms. The zero-order valence-corrected chi connectivity index (χ0v) is 14.2. The van der Waals surface area contributed by atoms with Crippen molar-refractivity contribution in [3.63, 3.8) is 0 Å². The van der Waals surface area contributed by atoms with Crippen LogP contribution in [-0.4, -0.2) is 40.0 Å². The molecule has 3 rings (SSSR count). The van der Waals surface area contributed by atoms with Crippen molar-refractivity contribution < 1.29 is 14.5 Å². The van der Waals surface area contributed by atoms with Crippen LogP contribution in [-0.2, 0) is 4.79 Å². The van der Waals surface area contributed by atoms with Gasteiger partial charge in [-0.25, -0.2) is 4.90 Å². The number of H-pyrrole nitrogens is 1. The zero-order valence-electron chi connectivity index (χ0n) is 13.4. The van der Waals surface area contributed by atoms with E-state index < -0.39 is 10.8 Å². The van der Waals surface area contributed by atoms with Crippen LogP contribution in [0.3, 0.4) is 0 Å². The number of carbonyl (C=O) groups excluding carboxylic acids is 1.